The van der Waals surface area contributed by atoms with E-state index in [0.717, 1.165) is 41.7 Å². The number of nitrogens with zero attached hydrogens (tertiary/aromatic N) is 4. The average Bonchev–Trinajstić information content (AvgIpc) is 3.60. The van der Waals surface area contributed by atoms with Crippen molar-refractivity contribution in [3.8, 4) is 11.4 Å². The third kappa shape index (κ3) is 4.49. The van der Waals surface area contributed by atoms with E-state index in [1.807, 2.05) is 18.2 Å². The molecule has 0 aliphatic carbocycles. The first-order valence-electron chi connectivity index (χ1n) is 13.1. The first-order valence-corrected chi connectivity index (χ1v) is 13.9. The molecule has 0 bridgehead atoms. The third-order valence-electron chi connectivity index (χ3n) is 8.09. The Hall–Kier alpha value is -2.93. The molecular weight excluding hydrogens is 515 g/mol. The molecule has 1 fully saturated rings. The minimum atomic E-state index is -0.164. The van der Waals surface area contributed by atoms with Crippen LogP contribution in [-0.2, 0) is 12.0 Å². The van der Waals surface area contributed by atoms with Crippen LogP contribution < -0.4 is 10.2 Å². The van der Waals surface area contributed by atoms with Crippen LogP contribution in [0, 0.1) is 5.41 Å². The van der Waals surface area contributed by atoms with Gasteiger partial charge in [-0.3, -0.25) is 0 Å². The van der Waals surface area contributed by atoms with E-state index >= 15 is 0 Å². The minimum absolute atomic E-state index is 0.164. The van der Waals surface area contributed by atoms with Crippen molar-refractivity contribution in [3.05, 3.63) is 93.5 Å². The topological polar surface area (TPSA) is 69.7 Å². The number of tetrazole rings is 1. The van der Waals surface area contributed by atoms with Gasteiger partial charge in [-0.25, -0.2) is 0 Å². The zero-order valence-electron chi connectivity index (χ0n) is 21.9. The predicted molar refractivity (Wildman–Crippen MR) is 154 cm³/mol. The quantitative estimate of drug-likeness (QED) is 0.294. The molecule has 2 aliphatic rings. The Morgan fingerprint density at radius 2 is 1.82 bits per heavy atom. The molecule has 0 unspecified atom stereocenters. The molecule has 1 aromatic heterocycles. The van der Waals surface area contributed by atoms with E-state index in [1.165, 1.54) is 22.4 Å². The summed E-state index contributed by atoms with van der Waals surface area (Å²) in [5.41, 5.74) is 5.93. The Morgan fingerprint density at radius 3 is 2.53 bits per heavy atom. The van der Waals surface area contributed by atoms with Gasteiger partial charge in [0.2, 0.25) is 5.82 Å². The number of rotatable bonds is 5. The Balaban J connectivity index is 1.42. The first kappa shape index (κ1) is 25.4. The van der Waals surface area contributed by atoms with Crippen LogP contribution in [0.3, 0.4) is 0 Å². The van der Waals surface area contributed by atoms with Gasteiger partial charge in [-0.05, 0) is 58.0 Å². The van der Waals surface area contributed by atoms with Gasteiger partial charge < -0.3 is 10.2 Å². The van der Waals surface area contributed by atoms with Gasteiger partial charge in [0.1, 0.15) is 0 Å². The van der Waals surface area contributed by atoms with Crippen LogP contribution in [0.25, 0.3) is 11.4 Å². The van der Waals surface area contributed by atoms with E-state index in [1.54, 1.807) is 0 Å². The van der Waals surface area contributed by atoms with Gasteiger partial charge in [0, 0.05) is 58.3 Å². The average molecular weight is 548 g/mol. The summed E-state index contributed by atoms with van der Waals surface area (Å²) in [6.07, 6.45) is 1.05. The molecule has 2 aliphatic heterocycles. The van der Waals surface area contributed by atoms with Crippen LogP contribution in [0.5, 0.6) is 0 Å². The van der Waals surface area contributed by atoms with Crippen molar-refractivity contribution in [2.45, 2.75) is 51.1 Å². The Labute approximate surface area is 233 Å². The molecule has 1 spiro atoms. The van der Waals surface area contributed by atoms with E-state index in [-0.39, 0.29) is 22.8 Å². The van der Waals surface area contributed by atoms with Crippen LogP contribution in [0.1, 0.15) is 49.8 Å². The van der Waals surface area contributed by atoms with E-state index in [0.29, 0.717) is 5.82 Å². The lowest BCUT2D eigenvalue weighted by Crippen LogP contribution is -2.48. The fourth-order valence-corrected chi connectivity index (χ4v) is 6.96. The highest BCUT2D eigenvalue weighted by Gasteiger charge is 2.57. The number of fused-ring (bicyclic) bond motifs is 2. The van der Waals surface area contributed by atoms with Crippen LogP contribution in [0.2, 0.25) is 10.0 Å². The van der Waals surface area contributed by atoms with Crippen LogP contribution >= 0.6 is 23.2 Å². The Kier molecular flexibility index (Phi) is 6.45. The molecule has 4 aromatic rings. The summed E-state index contributed by atoms with van der Waals surface area (Å²) >= 11 is 13.5. The number of aromatic nitrogens is 4. The molecule has 0 amide bonds. The van der Waals surface area contributed by atoms with Crippen LogP contribution in [0.15, 0.2) is 66.7 Å². The van der Waals surface area contributed by atoms with Crippen molar-refractivity contribution in [2.24, 2.45) is 5.41 Å². The number of anilines is 1. The van der Waals surface area contributed by atoms with Gasteiger partial charge in [-0.1, -0.05) is 86.4 Å². The fraction of sp³-hybridized carbons (Fsp3) is 0.367. The van der Waals surface area contributed by atoms with Gasteiger partial charge in [0.15, 0.2) is 0 Å². The highest BCUT2D eigenvalue weighted by atomic mass is 35.5. The summed E-state index contributed by atoms with van der Waals surface area (Å²) in [5.74, 6) is 0.827. The number of aromatic amines is 1. The van der Waals surface area contributed by atoms with Gasteiger partial charge in [0.05, 0.1) is 0 Å². The van der Waals surface area contributed by atoms with Gasteiger partial charge in [-0.15, -0.1) is 10.2 Å². The lowest BCUT2D eigenvalue weighted by atomic mass is 9.64. The molecule has 3 aromatic carbocycles. The zero-order valence-corrected chi connectivity index (χ0v) is 23.4. The highest BCUT2D eigenvalue weighted by molar-refractivity contribution is 6.31. The van der Waals surface area contributed by atoms with Gasteiger partial charge in [-0.2, -0.15) is 5.21 Å². The molecule has 0 saturated carbocycles. The molecule has 38 heavy (non-hydrogen) atoms. The molecule has 3 heterocycles. The predicted octanol–water partition coefficient (Wildman–Crippen LogP) is 6.62. The van der Waals surface area contributed by atoms with Crippen molar-refractivity contribution in [1.29, 1.82) is 0 Å². The Bertz CT molecular complexity index is 1430. The Morgan fingerprint density at radius 1 is 1.03 bits per heavy atom. The molecular formula is C30H32Cl2N6. The first-order chi connectivity index (χ1) is 18.2. The summed E-state index contributed by atoms with van der Waals surface area (Å²) in [6, 6.07) is 23.4. The normalized spacial score (nSPS) is 22.8. The lowest BCUT2D eigenvalue weighted by Gasteiger charge is -2.40. The van der Waals surface area contributed by atoms with Crippen molar-refractivity contribution < 1.29 is 0 Å². The van der Waals surface area contributed by atoms with E-state index in [2.05, 4.69) is 100 Å². The fourth-order valence-electron chi connectivity index (χ4n) is 6.52. The van der Waals surface area contributed by atoms with Gasteiger partial charge >= 0.3 is 0 Å². The van der Waals surface area contributed by atoms with Crippen molar-refractivity contribution in [2.75, 3.05) is 18.0 Å². The molecule has 0 radical (unpaired) electrons. The number of nitrogens with one attached hydrogen (secondary N) is 2. The lowest BCUT2D eigenvalue weighted by molar-refractivity contribution is 0.256. The second-order valence-corrected chi connectivity index (χ2v) is 12.6. The standard InChI is InChI=1S/C30H32Cl2N6/c1-29(2,3)15-27-30(24(16-33-27)22-6-4-5-7-25(22)32)18-38(26-13-12-21(31)14-23(26)30)17-19-8-10-20(11-9-19)28-34-36-37-35-28/h4-14,24,27,33H,15-18H2,1-3H3,(H,34,35,36,37)/t24-,27+,30-/m1/s1. The second-order valence-electron chi connectivity index (χ2n) is 11.8. The van der Waals surface area contributed by atoms with E-state index < -0.39 is 0 Å². The summed E-state index contributed by atoms with van der Waals surface area (Å²) < 4.78 is 0. The highest BCUT2D eigenvalue weighted by Crippen LogP contribution is 2.56. The SMILES string of the molecule is CC(C)(C)C[C@@H]1NC[C@H](c2ccccc2Cl)[C@]12CN(Cc1ccc(-c3nn[nH]n3)cc1)c1ccc(Cl)cc12. The summed E-state index contributed by atoms with van der Waals surface area (Å²) in [6.45, 7) is 9.52. The van der Waals surface area contributed by atoms with E-state index in [4.69, 9.17) is 23.2 Å². The summed E-state index contributed by atoms with van der Waals surface area (Å²) in [7, 11) is 0. The molecule has 2 N–H and O–H groups in total. The monoisotopic (exact) mass is 546 g/mol. The largest absolute Gasteiger partial charge is 0.366 e. The number of hydrogen-bond donors (Lipinski definition) is 2. The second kappa shape index (κ2) is 9.67. The summed E-state index contributed by atoms with van der Waals surface area (Å²) in [4.78, 5) is 2.52. The molecule has 196 valence electrons. The maximum Gasteiger partial charge on any atom is 0.204 e. The number of hydrogen-bond acceptors (Lipinski definition) is 5. The van der Waals surface area contributed by atoms with E-state index in [9.17, 15) is 0 Å². The number of H-pyrrole nitrogens is 1. The minimum Gasteiger partial charge on any atom is -0.366 e. The third-order valence-corrected chi connectivity index (χ3v) is 8.67. The molecule has 3 atom stereocenters. The van der Waals surface area contributed by atoms with Crippen molar-refractivity contribution in [1.82, 2.24) is 25.9 Å². The number of benzene rings is 3. The smallest absolute Gasteiger partial charge is 0.204 e. The molecule has 6 nitrogen and oxygen atoms in total. The molecule has 6 rings (SSSR count). The number of halogens is 2. The molecule has 1 saturated heterocycles. The van der Waals surface area contributed by atoms with Crippen LogP contribution in [0.4, 0.5) is 5.69 Å². The van der Waals surface area contributed by atoms with Crippen molar-refractivity contribution in [3.63, 3.8) is 0 Å². The zero-order chi connectivity index (χ0) is 26.5. The maximum atomic E-state index is 6.84. The molecule has 8 heteroatoms. The van der Waals surface area contributed by atoms with Gasteiger partial charge in [0.25, 0.3) is 0 Å². The van der Waals surface area contributed by atoms with Crippen LogP contribution in [-0.4, -0.2) is 39.8 Å². The van der Waals surface area contributed by atoms with Crippen molar-refractivity contribution >= 4 is 28.9 Å². The maximum absolute atomic E-state index is 6.84. The summed E-state index contributed by atoms with van der Waals surface area (Å²) in [5, 5.41) is 19.9.